The molecule has 0 aliphatic heterocycles. The first kappa shape index (κ1) is 10.6. The van der Waals surface area contributed by atoms with Gasteiger partial charge in [-0.25, -0.2) is 15.0 Å². The Kier molecular flexibility index (Phi) is 2.13. The van der Waals surface area contributed by atoms with Crippen molar-refractivity contribution in [3.05, 3.63) is 41.5 Å². The largest absolute Gasteiger partial charge is 0.241 e. The molecule has 6 heteroatoms. The highest BCUT2D eigenvalue weighted by atomic mass is 32.1. The Morgan fingerprint density at radius 1 is 1.11 bits per heavy atom. The zero-order chi connectivity index (χ0) is 12.8. The summed E-state index contributed by atoms with van der Waals surface area (Å²) in [7, 11) is 0. The van der Waals surface area contributed by atoms with E-state index in [1.165, 1.54) is 11.3 Å². The summed E-state index contributed by atoms with van der Waals surface area (Å²) in [4.78, 5) is 13.6. The topological polar surface area (TPSA) is 56.5 Å². The molecule has 0 fully saturated rings. The first-order chi connectivity index (χ1) is 9.33. The van der Waals surface area contributed by atoms with Crippen molar-refractivity contribution in [2.24, 2.45) is 0 Å². The van der Waals surface area contributed by atoms with Crippen molar-refractivity contribution < 1.29 is 0 Å². The van der Waals surface area contributed by atoms with Crippen molar-refractivity contribution in [2.45, 2.75) is 6.92 Å². The molecule has 4 aromatic rings. The summed E-state index contributed by atoms with van der Waals surface area (Å²) in [5.41, 5.74) is 4.20. The standard InChI is InChI=1S/C13H9N5S/c1-8-11-12(18(17-8)13-14-6-7-19-13)16-10-5-3-2-4-9(10)15-11/h2-7H,1H3. The van der Waals surface area contributed by atoms with Gasteiger partial charge >= 0.3 is 0 Å². The summed E-state index contributed by atoms with van der Waals surface area (Å²) in [6.07, 6.45) is 1.76. The third-order valence-electron chi connectivity index (χ3n) is 2.95. The number of thiazole rings is 1. The van der Waals surface area contributed by atoms with Gasteiger partial charge in [-0.15, -0.1) is 11.3 Å². The fourth-order valence-corrected chi connectivity index (χ4v) is 2.67. The number of hydrogen-bond donors (Lipinski definition) is 0. The summed E-state index contributed by atoms with van der Waals surface area (Å²) in [5, 5.41) is 7.23. The van der Waals surface area contributed by atoms with Crippen molar-refractivity contribution in [1.29, 1.82) is 0 Å². The van der Waals surface area contributed by atoms with Gasteiger partial charge in [0.1, 0.15) is 5.52 Å². The minimum absolute atomic E-state index is 0.756. The molecular weight excluding hydrogens is 258 g/mol. The van der Waals surface area contributed by atoms with Crippen LogP contribution in [0.3, 0.4) is 0 Å². The van der Waals surface area contributed by atoms with Crippen LogP contribution in [0.2, 0.25) is 0 Å². The maximum absolute atomic E-state index is 4.66. The zero-order valence-corrected chi connectivity index (χ0v) is 10.9. The Morgan fingerprint density at radius 3 is 2.63 bits per heavy atom. The van der Waals surface area contributed by atoms with Gasteiger partial charge in [0.2, 0.25) is 5.13 Å². The first-order valence-corrected chi connectivity index (χ1v) is 6.73. The maximum Gasteiger partial charge on any atom is 0.212 e. The fourth-order valence-electron chi connectivity index (χ4n) is 2.08. The van der Waals surface area contributed by atoms with Gasteiger partial charge in [-0.1, -0.05) is 12.1 Å². The Bertz CT molecular complexity index is 879. The normalized spacial score (nSPS) is 11.4. The minimum atomic E-state index is 0.756. The second kappa shape index (κ2) is 3.83. The van der Waals surface area contributed by atoms with Crippen molar-refractivity contribution in [2.75, 3.05) is 0 Å². The number of para-hydroxylation sites is 2. The summed E-state index contributed by atoms with van der Waals surface area (Å²) in [5.74, 6) is 0. The highest BCUT2D eigenvalue weighted by molar-refractivity contribution is 7.12. The molecule has 0 amide bonds. The molecule has 92 valence electrons. The van der Waals surface area contributed by atoms with E-state index in [1.807, 2.05) is 36.6 Å². The number of aromatic nitrogens is 5. The van der Waals surface area contributed by atoms with Crippen LogP contribution in [0, 0.1) is 6.92 Å². The Balaban J connectivity index is 2.13. The molecule has 0 bridgehead atoms. The van der Waals surface area contributed by atoms with E-state index >= 15 is 0 Å². The lowest BCUT2D eigenvalue weighted by molar-refractivity contribution is 0.869. The van der Waals surface area contributed by atoms with Crippen LogP contribution < -0.4 is 0 Å². The van der Waals surface area contributed by atoms with Crippen LogP contribution in [0.4, 0.5) is 0 Å². The van der Waals surface area contributed by atoms with Crippen LogP contribution in [0.5, 0.6) is 0 Å². The van der Waals surface area contributed by atoms with Crippen LogP contribution >= 0.6 is 11.3 Å². The number of aryl methyl sites for hydroxylation is 1. The smallest absolute Gasteiger partial charge is 0.212 e. The molecule has 0 saturated carbocycles. The lowest BCUT2D eigenvalue weighted by Crippen LogP contribution is -1.97. The molecule has 3 heterocycles. The van der Waals surface area contributed by atoms with Crippen LogP contribution in [-0.4, -0.2) is 24.7 Å². The average molecular weight is 267 g/mol. The summed E-state index contributed by atoms with van der Waals surface area (Å²) in [6, 6.07) is 7.83. The predicted octanol–water partition coefficient (Wildman–Crippen LogP) is 2.73. The molecule has 3 aromatic heterocycles. The molecule has 0 aliphatic rings. The van der Waals surface area contributed by atoms with E-state index in [0.717, 1.165) is 33.0 Å². The van der Waals surface area contributed by atoms with Gasteiger partial charge in [-0.05, 0) is 19.1 Å². The third-order valence-corrected chi connectivity index (χ3v) is 3.69. The van der Waals surface area contributed by atoms with Gasteiger partial charge in [0.15, 0.2) is 5.65 Å². The molecule has 5 nitrogen and oxygen atoms in total. The number of nitrogens with zero attached hydrogens (tertiary/aromatic N) is 5. The van der Waals surface area contributed by atoms with E-state index in [9.17, 15) is 0 Å². The molecule has 0 radical (unpaired) electrons. The Hall–Kier alpha value is -2.34. The minimum Gasteiger partial charge on any atom is -0.241 e. The highest BCUT2D eigenvalue weighted by Gasteiger charge is 2.14. The molecular formula is C13H9N5S. The van der Waals surface area contributed by atoms with Crippen molar-refractivity contribution in [3.8, 4) is 5.13 Å². The van der Waals surface area contributed by atoms with Crippen LogP contribution in [0.25, 0.3) is 27.3 Å². The number of rotatable bonds is 1. The lowest BCUT2D eigenvalue weighted by atomic mass is 10.3. The van der Waals surface area contributed by atoms with Crippen molar-refractivity contribution >= 4 is 33.5 Å². The molecule has 0 atom stereocenters. The van der Waals surface area contributed by atoms with E-state index in [1.54, 1.807) is 10.9 Å². The van der Waals surface area contributed by atoms with E-state index in [2.05, 4.69) is 20.1 Å². The van der Waals surface area contributed by atoms with Crippen molar-refractivity contribution in [3.63, 3.8) is 0 Å². The van der Waals surface area contributed by atoms with Gasteiger partial charge < -0.3 is 0 Å². The molecule has 0 N–H and O–H groups in total. The van der Waals surface area contributed by atoms with Gasteiger partial charge in [-0.2, -0.15) is 9.78 Å². The maximum atomic E-state index is 4.66. The van der Waals surface area contributed by atoms with Crippen molar-refractivity contribution in [1.82, 2.24) is 24.7 Å². The van der Waals surface area contributed by atoms with Gasteiger partial charge in [0, 0.05) is 11.6 Å². The second-order valence-corrected chi connectivity index (χ2v) is 5.07. The number of fused-ring (bicyclic) bond motifs is 2. The van der Waals surface area contributed by atoms with E-state index in [0.29, 0.717) is 0 Å². The molecule has 0 spiro atoms. The predicted molar refractivity (Wildman–Crippen MR) is 74.6 cm³/mol. The lowest BCUT2D eigenvalue weighted by Gasteiger charge is -1.99. The summed E-state index contributed by atoms with van der Waals surface area (Å²) in [6.45, 7) is 1.94. The second-order valence-electron chi connectivity index (χ2n) is 4.20. The monoisotopic (exact) mass is 267 g/mol. The third kappa shape index (κ3) is 1.53. The first-order valence-electron chi connectivity index (χ1n) is 5.85. The van der Waals surface area contributed by atoms with E-state index < -0.39 is 0 Å². The van der Waals surface area contributed by atoms with Gasteiger partial charge in [-0.3, -0.25) is 0 Å². The summed E-state index contributed by atoms with van der Waals surface area (Å²) < 4.78 is 1.76. The molecule has 1 aromatic carbocycles. The molecule has 0 saturated heterocycles. The van der Waals surface area contributed by atoms with Gasteiger partial charge in [0.05, 0.1) is 16.7 Å². The van der Waals surface area contributed by atoms with Gasteiger partial charge in [0.25, 0.3) is 0 Å². The van der Waals surface area contributed by atoms with E-state index in [-0.39, 0.29) is 0 Å². The fraction of sp³-hybridized carbons (Fsp3) is 0.0769. The number of hydrogen-bond acceptors (Lipinski definition) is 5. The molecule has 19 heavy (non-hydrogen) atoms. The molecule has 0 aliphatic carbocycles. The van der Waals surface area contributed by atoms with Crippen LogP contribution in [0.15, 0.2) is 35.8 Å². The zero-order valence-electron chi connectivity index (χ0n) is 10.1. The number of benzene rings is 1. The average Bonchev–Trinajstić information content (AvgIpc) is 3.05. The quantitative estimate of drug-likeness (QED) is 0.532. The highest BCUT2D eigenvalue weighted by Crippen LogP contribution is 2.22. The SMILES string of the molecule is Cc1nn(-c2nccs2)c2nc3ccccc3nc12. The van der Waals surface area contributed by atoms with Crippen LogP contribution in [-0.2, 0) is 0 Å². The van der Waals surface area contributed by atoms with E-state index in [4.69, 9.17) is 0 Å². The summed E-state index contributed by atoms with van der Waals surface area (Å²) >= 11 is 1.53. The Morgan fingerprint density at radius 2 is 1.89 bits per heavy atom. The Labute approximate surface area is 112 Å². The molecule has 4 rings (SSSR count). The molecule has 0 unspecified atom stereocenters. The van der Waals surface area contributed by atoms with Crippen LogP contribution in [0.1, 0.15) is 5.69 Å².